The predicted octanol–water partition coefficient (Wildman–Crippen LogP) is 4.05. The second-order valence-corrected chi connectivity index (χ2v) is 6.44. The summed E-state index contributed by atoms with van der Waals surface area (Å²) in [5, 5.41) is 2.97. The monoisotopic (exact) mass is 294 g/mol. The molecule has 0 bridgehead atoms. The Kier molecular flexibility index (Phi) is 4.71. The van der Waals surface area contributed by atoms with Crippen LogP contribution in [0.2, 0.25) is 0 Å². The van der Waals surface area contributed by atoms with Crippen LogP contribution in [0.5, 0.6) is 0 Å². The number of hydrogen-bond donors (Lipinski definition) is 0. The fourth-order valence-corrected chi connectivity index (χ4v) is 3.63. The highest BCUT2D eigenvalue weighted by molar-refractivity contribution is 7.22. The molecule has 0 aliphatic heterocycles. The molecule has 0 spiro atoms. The molecule has 5 heteroatoms. The summed E-state index contributed by atoms with van der Waals surface area (Å²) in [4.78, 5) is 20.6. The molecule has 2 heterocycles. The average molecular weight is 294 g/mol. The molecule has 2 rings (SSSR count). The van der Waals surface area contributed by atoms with Gasteiger partial charge in [0.15, 0.2) is 0 Å². The lowest BCUT2D eigenvalue weighted by molar-refractivity contribution is 0.0797. The van der Waals surface area contributed by atoms with E-state index < -0.39 is 0 Å². The number of rotatable bonds is 5. The van der Waals surface area contributed by atoms with E-state index in [9.17, 15) is 4.79 Å². The minimum Gasteiger partial charge on any atom is -0.341 e. The van der Waals surface area contributed by atoms with Crippen molar-refractivity contribution in [1.29, 1.82) is 0 Å². The maximum atomic E-state index is 12.4. The zero-order valence-electron chi connectivity index (χ0n) is 11.5. The van der Waals surface area contributed by atoms with Crippen molar-refractivity contribution in [3.8, 4) is 9.88 Å². The molecule has 0 saturated heterocycles. The summed E-state index contributed by atoms with van der Waals surface area (Å²) >= 11 is 3.15. The molecule has 0 N–H and O–H groups in total. The number of thiophene rings is 1. The first kappa shape index (κ1) is 14.2. The zero-order valence-corrected chi connectivity index (χ0v) is 13.1. The number of aryl methyl sites for hydroxylation is 1. The van der Waals surface area contributed by atoms with Gasteiger partial charge >= 0.3 is 0 Å². The van der Waals surface area contributed by atoms with Gasteiger partial charge < -0.3 is 4.90 Å². The summed E-state index contributed by atoms with van der Waals surface area (Å²) in [5.74, 6) is 0.0891. The molecular weight excluding hydrogens is 276 g/mol. The number of aromatic nitrogens is 1. The lowest BCUT2D eigenvalue weighted by Gasteiger charge is -2.15. The van der Waals surface area contributed by atoms with Crippen LogP contribution in [0, 0.1) is 6.92 Å². The van der Waals surface area contributed by atoms with Crippen LogP contribution in [0.4, 0.5) is 0 Å². The van der Waals surface area contributed by atoms with E-state index in [1.54, 1.807) is 16.2 Å². The SMILES string of the molecule is CCCCN(C)C(=O)c1sc(-c2cccs2)nc1C. The fraction of sp³-hybridized carbons (Fsp3) is 0.429. The fourth-order valence-electron chi connectivity index (χ4n) is 1.77. The number of carbonyl (C=O) groups excluding carboxylic acids is 1. The second-order valence-electron chi connectivity index (χ2n) is 4.49. The number of amides is 1. The summed E-state index contributed by atoms with van der Waals surface area (Å²) in [5.41, 5.74) is 0.835. The largest absolute Gasteiger partial charge is 0.341 e. The number of thiazole rings is 1. The minimum absolute atomic E-state index is 0.0891. The third kappa shape index (κ3) is 3.22. The molecule has 0 atom stereocenters. The maximum absolute atomic E-state index is 12.4. The van der Waals surface area contributed by atoms with Gasteiger partial charge in [0.1, 0.15) is 9.88 Å². The van der Waals surface area contributed by atoms with Crippen LogP contribution in [0.15, 0.2) is 17.5 Å². The third-order valence-electron chi connectivity index (χ3n) is 2.92. The van der Waals surface area contributed by atoms with Crippen LogP contribution < -0.4 is 0 Å². The van der Waals surface area contributed by atoms with Gasteiger partial charge in [0.2, 0.25) is 0 Å². The van der Waals surface area contributed by atoms with Gasteiger partial charge in [-0.15, -0.1) is 22.7 Å². The summed E-state index contributed by atoms with van der Waals surface area (Å²) < 4.78 is 0. The second kappa shape index (κ2) is 6.30. The van der Waals surface area contributed by atoms with Crippen molar-refractivity contribution in [2.24, 2.45) is 0 Å². The Bertz CT molecular complexity index is 546. The molecule has 0 aliphatic carbocycles. The van der Waals surface area contributed by atoms with E-state index in [4.69, 9.17) is 0 Å². The Morgan fingerprint density at radius 1 is 1.47 bits per heavy atom. The van der Waals surface area contributed by atoms with Crippen molar-refractivity contribution >= 4 is 28.6 Å². The van der Waals surface area contributed by atoms with Gasteiger partial charge in [-0.25, -0.2) is 4.98 Å². The molecule has 1 amide bonds. The van der Waals surface area contributed by atoms with Gasteiger partial charge in [-0.1, -0.05) is 19.4 Å². The van der Waals surface area contributed by atoms with Gasteiger partial charge in [0, 0.05) is 13.6 Å². The van der Waals surface area contributed by atoms with Crippen molar-refractivity contribution < 1.29 is 4.79 Å². The molecule has 3 nitrogen and oxygen atoms in total. The Labute approximate surface area is 121 Å². The topological polar surface area (TPSA) is 33.2 Å². The highest BCUT2D eigenvalue weighted by Gasteiger charge is 2.19. The average Bonchev–Trinajstić information content (AvgIpc) is 3.03. The van der Waals surface area contributed by atoms with Crippen molar-refractivity contribution in [2.45, 2.75) is 26.7 Å². The first-order valence-electron chi connectivity index (χ1n) is 6.40. The van der Waals surface area contributed by atoms with Crippen LogP contribution in [-0.4, -0.2) is 29.4 Å². The van der Waals surface area contributed by atoms with E-state index in [2.05, 4.69) is 11.9 Å². The summed E-state index contributed by atoms with van der Waals surface area (Å²) in [6.07, 6.45) is 2.14. The summed E-state index contributed by atoms with van der Waals surface area (Å²) in [6, 6.07) is 4.05. The van der Waals surface area contributed by atoms with E-state index in [1.165, 1.54) is 11.3 Å². The van der Waals surface area contributed by atoms with E-state index in [0.29, 0.717) is 0 Å². The predicted molar refractivity (Wildman–Crippen MR) is 82.0 cm³/mol. The Balaban J connectivity index is 2.19. The van der Waals surface area contributed by atoms with Crippen LogP contribution in [0.1, 0.15) is 35.1 Å². The summed E-state index contributed by atoms with van der Waals surface area (Å²) in [6.45, 7) is 4.85. The van der Waals surface area contributed by atoms with Crippen molar-refractivity contribution in [3.05, 3.63) is 28.1 Å². The quantitative estimate of drug-likeness (QED) is 0.833. The Morgan fingerprint density at radius 3 is 2.89 bits per heavy atom. The first-order valence-corrected chi connectivity index (χ1v) is 8.10. The molecule has 0 fully saturated rings. The molecule has 2 aromatic rings. The van der Waals surface area contributed by atoms with Gasteiger partial charge in [0.05, 0.1) is 10.6 Å². The minimum atomic E-state index is 0.0891. The lowest BCUT2D eigenvalue weighted by Crippen LogP contribution is -2.27. The molecule has 0 saturated carbocycles. The molecule has 2 aromatic heterocycles. The zero-order chi connectivity index (χ0) is 13.8. The molecule has 102 valence electrons. The lowest BCUT2D eigenvalue weighted by atomic mass is 10.3. The molecule has 0 aromatic carbocycles. The standard InChI is InChI=1S/C14H18N2OS2/c1-4-5-8-16(3)14(17)12-10(2)15-13(19-12)11-7-6-9-18-11/h6-7,9H,4-5,8H2,1-3H3. The molecule has 0 aliphatic rings. The Hall–Kier alpha value is -1.20. The van der Waals surface area contributed by atoms with Crippen molar-refractivity contribution in [2.75, 3.05) is 13.6 Å². The van der Waals surface area contributed by atoms with Gasteiger partial charge in [-0.2, -0.15) is 0 Å². The van der Waals surface area contributed by atoms with Gasteiger partial charge in [-0.05, 0) is 24.8 Å². The van der Waals surface area contributed by atoms with Crippen molar-refractivity contribution in [3.63, 3.8) is 0 Å². The van der Waals surface area contributed by atoms with Crippen LogP contribution in [-0.2, 0) is 0 Å². The Morgan fingerprint density at radius 2 is 2.26 bits per heavy atom. The van der Waals surface area contributed by atoms with Gasteiger partial charge in [0.25, 0.3) is 5.91 Å². The number of hydrogen-bond acceptors (Lipinski definition) is 4. The highest BCUT2D eigenvalue weighted by atomic mass is 32.1. The van der Waals surface area contributed by atoms with Crippen LogP contribution in [0.3, 0.4) is 0 Å². The summed E-state index contributed by atoms with van der Waals surface area (Å²) in [7, 11) is 1.86. The normalized spacial score (nSPS) is 10.7. The van der Waals surface area contributed by atoms with E-state index >= 15 is 0 Å². The van der Waals surface area contributed by atoms with E-state index in [1.807, 2.05) is 31.5 Å². The van der Waals surface area contributed by atoms with Crippen LogP contribution >= 0.6 is 22.7 Å². The van der Waals surface area contributed by atoms with Crippen LogP contribution in [0.25, 0.3) is 9.88 Å². The smallest absolute Gasteiger partial charge is 0.265 e. The number of nitrogens with zero attached hydrogens (tertiary/aromatic N) is 2. The molecule has 0 radical (unpaired) electrons. The molecular formula is C14H18N2OS2. The van der Waals surface area contributed by atoms with E-state index in [-0.39, 0.29) is 5.91 Å². The van der Waals surface area contributed by atoms with Crippen molar-refractivity contribution in [1.82, 2.24) is 9.88 Å². The number of carbonyl (C=O) groups is 1. The molecule has 0 unspecified atom stereocenters. The third-order valence-corrected chi connectivity index (χ3v) is 5.10. The highest BCUT2D eigenvalue weighted by Crippen LogP contribution is 2.31. The maximum Gasteiger partial charge on any atom is 0.265 e. The number of unbranched alkanes of at least 4 members (excludes halogenated alkanes) is 1. The molecule has 19 heavy (non-hydrogen) atoms. The first-order chi connectivity index (χ1) is 9.13. The van der Waals surface area contributed by atoms with E-state index in [0.717, 1.165) is 39.8 Å². The van der Waals surface area contributed by atoms with Gasteiger partial charge in [-0.3, -0.25) is 4.79 Å².